The van der Waals surface area contributed by atoms with Crippen LogP contribution in [-0.2, 0) is 11.3 Å². The molecule has 0 aliphatic carbocycles. The standard InChI is InChI=1S/C26H29ClN4O2S/c1-26(2,3)33-25(32)30-13-9-17(10-14-30)11-15-31-21-20(23(27)28-19-12-16-34-22(19)21)29-24(31)18-7-5-4-6-8-18/h4-8,12,16-17H,9-11,13-15H2,1-3H3. The van der Waals surface area contributed by atoms with Crippen molar-refractivity contribution in [3.8, 4) is 11.4 Å². The minimum atomic E-state index is -0.465. The predicted molar refractivity (Wildman–Crippen MR) is 139 cm³/mol. The molecule has 8 heteroatoms. The van der Waals surface area contributed by atoms with E-state index in [1.54, 1.807) is 11.3 Å². The summed E-state index contributed by atoms with van der Waals surface area (Å²) in [6.45, 7) is 8.03. The zero-order chi connectivity index (χ0) is 23.9. The number of hydrogen-bond donors (Lipinski definition) is 0. The number of carbonyl (C=O) groups excluding carboxylic acids is 1. The minimum Gasteiger partial charge on any atom is -0.444 e. The number of benzene rings is 1. The maximum absolute atomic E-state index is 12.4. The van der Waals surface area contributed by atoms with Gasteiger partial charge in [0.2, 0.25) is 0 Å². The van der Waals surface area contributed by atoms with Crippen molar-refractivity contribution in [1.29, 1.82) is 0 Å². The smallest absolute Gasteiger partial charge is 0.410 e. The van der Waals surface area contributed by atoms with Crippen LogP contribution < -0.4 is 0 Å². The van der Waals surface area contributed by atoms with Crippen LogP contribution in [-0.4, -0.2) is 44.2 Å². The molecule has 1 saturated heterocycles. The molecule has 0 saturated carbocycles. The monoisotopic (exact) mass is 496 g/mol. The van der Waals surface area contributed by atoms with Crippen molar-refractivity contribution in [3.05, 3.63) is 46.9 Å². The molecule has 3 aromatic heterocycles. The first kappa shape index (κ1) is 23.1. The first-order valence-electron chi connectivity index (χ1n) is 11.8. The van der Waals surface area contributed by atoms with E-state index in [2.05, 4.69) is 27.1 Å². The summed E-state index contributed by atoms with van der Waals surface area (Å²) < 4.78 is 8.98. The number of aromatic nitrogens is 3. The van der Waals surface area contributed by atoms with Crippen molar-refractivity contribution in [2.75, 3.05) is 13.1 Å². The Kier molecular flexibility index (Phi) is 6.25. The topological polar surface area (TPSA) is 60.2 Å². The van der Waals surface area contributed by atoms with Crippen LogP contribution in [0, 0.1) is 5.92 Å². The molecule has 0 radical (unpaired) electrons. The SMILES string of the molecule is CC(C)(C)OC(=O)N1CCC(CCn2c(-c3ccccc3)nc3c(Cl)nc4ccsc4c32)CC1. The predicted octanol–water partition coefficient (Wildman–Crippen LogP) is 7.00. The van der Waals surface area contributed by atoms with E-state index in [0.29, 0.717) is 11.1 Å². The lowest BCUT2D eigenvalue weighted by Crippen LogP contribution is -2.41. The zero-order valence-corrected chi connectivity index (χ0v) is 21.3. The number of halogens is 1. The Morgan fingerprint density at radius 1 is 1.15 bits per heavy atom. The van der Waals surface area contributed by atoms with Crippen LogP contribution in [0.4, 0.5) is 4.79 Å². The molecule has 1 aliphatic heterocycles. The third-order valence-electron chi connectivity index (χ3n) is 6.30. The fourth-order valence-corrected chi connectivity index (χ4v) is 5.73. The number of thiophene rings is 1. The van der Waals surface area contributed by atoms with Crippen molar-refractivity contribution in [1.82, 2.24) is 19.4 Å². The molecule has 1 fully saturated rings. The number of amides is 1. The maximum Gasteiger partial charge on any atom is 0.410 e. The Morgan fingerprint density at radius 2 is 1.88 bits per heavy atom. The minimum absolute atomic E-state index is 0.208. The molecule has 5 rings (SSSR count). The van der Waals surface area contributed by atoms with Gasteiger partial charge in [-0.3, -0.25) is 0 Å². The van der Waals surface area contributed by atoms with Gasteiger partial charge in [-0.2, -0.15) is 0 Å². The van der Waals surface area contributed by atoms with Gasteiger partial charge in [0.25, 0.3) is 0 Å². The van der Waals surface area contributed by atoms with E-state index in [1.807, 2.05) is 49.9 Å². The van der Waals surface area contributed by atoms with Crippen molar-refractivity contribution >= 4 is 50.3 Å². The molecular formula is C26H29ClN4O2S. The summed E-state index contributed by atoms with van der Waals surface area (Å²) in [5, 5.41) is 2.50. The molecule has 34 heavy (non-hydrogen) atoms. The Hall–Kier alpha value is -2.64. The highest BCUT2D eigenvalue weighted by molar-refractivity contribution is 7.18. The van der Waals surface area contributed by atoms with Gasteiger partial charge in [-0.1, -0.05) is 41.9 Å². The molecule has 178 valence electrons. The number of carbonyl (C=O) groups is 1. The number of rotatable bonds is 4. The van der Waals surface area contributed by atoms with Crippen LogP contribution >= 0.6 is 22.9 Å². The van der Waals surface area contributed by atoms with Crippen molar-refractivity contribution in [2.24, 2.45) is 5.92 Å². The summed E-state index contributed by atoms with van der Waals surface area (Å²) in [4.78, 5) is 23.8. The van der Waals surface area contributed by atoms with Gasteiger partial charge in [0.15, 0.2) is 5.15 Å². The van der Waals surface area contributed by atoms with Crippen molar-refractivity contribution in [2.45, 2.75) is 52.2 Å². The highest BCUT2D eigenvalue weighted by atomic mass is 35.5. The molecule has 0 unspecified atom stereocenters. The summed E-state index contributed by atoms with van der Waals surface area (Å²) in [6, 6.07) is 12.3. The largest absolute Gasteiger partial charge is 0.444 e. The van der Waals surface area contributed by atoms with Gasteiger partial charge in [-0.05, 0) is 57.4 Å². The van der Waals surface area contributed by atoms with Crippen LogP contribution in [0.1, 0.15) is 40.0 Å². The lowest BCUT2D eigenvalue weighted by atomic mass is 9.93. The Balaban J connectivity index is 1.39. The molecule has 0 atom stereocenters. The van der Waals surface area contributed by atoms with Gasteiger partial charge in [0.1, 0.15) is 16.9 Å². The number of ether oxygens (including phenoxy) is 1. The Labute approximate surface area is 208 Å². The van der Waals surface area contributed by atoms with Crippen molar-refractivity contribution < 1.29 is 9.53 Å². The first-order chi connectivity index (χ1) is 16.3. The van der Waals surface area contributed by atoms with Gasteiger partial charge >= 0.3 is 6.09 Å². The molecule has 6 nitrogen and oxygen atoms in total. The van der Waals surface area contributed by atoms with E-state index in [4.69, 9.17) is 21.3 Å². The molecule has 1 amide bonds. The van der Waals surface area contributed by atoms with E-state index < -0.39 is 5.60 Å². The molecule has 0 bridgehead atoms. The fourth-order valence-electron chi connectivity index (χ4n) is 4.62. The third kappa shape index (κ3) is 4.64. The van der Waals surface area contributed by atoms with Crippen molar-refractivity contribution in [3.63, 3.8) is 0 Å². The Morgan fingerprint density at radius 3 is 2.59 bits per heavy atom. The molecule has 4 aromatic rings. The van der Waals surface area contributed by atoms with E-state index >= 15 is 0 Å². The van der Waals surface area contributed by atoms with Gasteiger partial charge in [-0.25, -0.2) is 14.8 Å². The van der Waals surface area contributed by atoms with E-state index in [1.165, 1.54) is 0 Å². The number of likely N-dealkylation sites (tertiary alicyclic amines) is 1. The Bertz CT molecular complexity index is 1320. The van der Waals surface area contributed by atoms with Gasteiger partial charge < -0.3 is 14.2 Å². The first-order valence-corrected chi connectivity index (χ1v) is 13.0. The number of aryl methyl sites for hydroxylation is 1. The average Bonchev–Trinajstić information content (AvgIpc) is 3.42. The summed E-state index contributed by atoms with van der Waals surface area (Å²) in [7, 11) is 0. The highest BCUT2D eigenvalue weighted by Crippen LogP contribution is 2.36. The summed E-state index contributed by atoms with van der Waals surface area (Å²) in [5.74, 6) is 1.46. The second kappa shape index (κ2) is 9.19. The van der Waals surface area contributed by atoms with Crippen LogP contribution in [0.25, 0.3) is 32.6 Å². The number of piperidine rings is 1. The number of pyridine rings is 1. The molecule has 1 aliphatic rings. The van der Waals surface area contributed by atoms with Crippen LogP contribution in [0.2, 0.25) is 5.15 Å². The highest BCUT2D eigenvalue weighted by Gasteiger charge is 2.27. The van der Waals surface area contributed by atoms with Crippen LogP contribution in [0.3, 0.4) is 0 Å². The number of fused-ring (bicyclic) bond motifs is 3. The average molecular weight is 497 g/mol. The number of hydrogen-bond acceptors (Lipinski definition) is 5. The van der Waals surface area contributed by atoms with E-state index in [9.17, 15) is 4.79 Å². The lowest BCUT2D eigenvalue weighted by molar-refractivity contribution is 0.0180. The second-order valence-corrected chi connectivity index (χ2v) is 11.2. The summed E-state index contributed by atoms with van der Waals surface area (Å²) in [6.07, 6.45) is 2.76. The molecule has 1 aromatic carbocycles. The molecule has 0 N–H and O–H groups in total. The summed E-state index contributed by atoms with van der Waals surface area (Å²) in [5.41, 5.74) is 3.34. The fraction of sp³-hybridized carbons (Fsp3) is 0.423. The second-order valence-electron chi connectivity index (χ2n) is 9.89. The molecule has 4 heterocycles. The number of imidazole rings is 1. The zero-order valence-electron chi connectivity index (χ0n) is 19.8. The summed E-state index contributed by atoms with van der Waals surface area (Å²) >= 11 is 8.25. The van der Waals surface area contributed by atoms with E-state index in [-0.39, 0.29) is 6.09 Å². The molecular weight excluding hydrogens is 468 g/mol. The third-order valence-corrected chi connectivity index (χ3v) is 7.47. The van der Waals surface area contributed by atoms with Gasteiger partial charge in [0.05, 0.1) is 15.7 Å². The van der Waals surface area contributed by atoms with Gasteiger partial charge in [0, 0.05) is 25.2 Å². The van der Waals surface area contributed by atoms with Crippen LogP contribution in [0.5, 0.6) is 0 Å². The van der Waals surface area contributed by atoms with Crippen LogP contribution in [0.15, 0.2) is 41.8 Å². The maximum atomic E-state index is 12.4. The van der Waals surface area contributed by atoms with E-state index in [0.717, 1.165) is 71.5 Å². The van der Waals surface area contributed by atoms with Gasteiger partial charge in [-0.15, -0.1) is 11.3 Å². The normalized spacial score (nSPS) is 15.4. The quantitative estimate of drug-likeness (QED) is 0.285. The molecule has 0 spiro atoms. The lowest BCUT2D eigenvalue weighted by Gasteiger charge is -2.33. The number of nitrogens with zero attached hydrogens (tertiary/aromatic N) is 4.